The van der Waals surface area contributed by atoms with Crippen molar-refractivity contribution in [2.75, 3.05) is 0 Å². The fourth-order valence-electron chi connectivity index (χ4n) is 2.26. The molecule has 0 bridgehead atoms. The van der Waals surface area contributed by atoms with Crippen LogP contribution < -0.4 is 10.1 Å². The van der Waals surface area contributed by atoms with Crippen LogP contribution in [0, 0.1) is 24.4 Å². The number of carbonyl (C=O) groups is 1. The molecule has 0 radical (unpaired) electrons. The minimum atomic E-state index is -0.659. The summed E-state index contributed by atoms with van der Waals surface area (Å²) >= 11 is 0. The van der Waals surface area contributed by atoms with E-state index >= 15 is 0 Å². The highest BCUT2D eigenvalue weighted by Crippen LogP contribution is 2.23. The van der Waals surface area contributed by atoms with Crippen LogP contribution in [0.2, 0.25) is 0 Å². The third-order valence-electron chi connectivity index (χ3n) is 4.10. The van der Waals surface area contributed by atoms with Crippen molar-refractivity contribution in [3.05, 3.63) is 70.5 Å². The molecule has 0 aliphatic heterocycles. The molecule has 1 atom stereocenters. The normalized spacial score (nSPS) is 12.2. The standard InChI is InChI=1S/C21H22F3NO2/c1-4-13(2)27-20-11-17(22)7-5-16(20)6-8-21(26)25-12-15-9-18(23)14(3)19(24)10-15/h5-11,13H,4,12H2,1-3H3,(H,25,26)/b8-6+. The third-order valence-corrected chi connectivity index (χ3v) is 4.10. The van der Waals surface area contributed by atoms with Gasteiger partial charge in [0.15, 0.2) is 0 Å². The molecule has 0 saturated heterocycles. The second-order valence-electron chi connectivity index (χ2n) is 6.25. The second-order valence-corrected chi connectivity index (χ2v) is 6.25. The molecule has 0 aliphatic rings. The van der Waals surface area contributed by atoms with Gasteiger partial charge in [-0.2, -0.15) is 0 Å². The van der Waals surface area contributed by atoms with Crippen LogP contribution in [-0.4, -0.2) is 12.0 Å². The number of amides is 1. The summed E-state index contributed by atoms with van der Waals surface area (Å²) in [5, 5.41) is 2.55. The Morgan fingerprint density at radius 3 is 2.48 bits per heavy atom. The lowest BCUT2D eigenvalue weighted by Gasteiger charge is -2.14. The van der Waals surface area contributed by atoms with E-state index in [2.05, 4.69) is 5.32 Å². The molecule has 2 aromatic rings. The fourth-order valence-corrected chi connectivity index (χ4v) is 2.26. The van der Waals surface area contributed by atoms with Crippen molar-refractivity contribution in [2.45, 2.75) is 39.8 Å². The van der Waals surface area contributed by atoms with Gasteiger partial charge in [-0.25, -0.2) is 13.2 Å². The molecule has 0 heterocycles. The van der Waals surface area contributed by atoms with Gasteiger partial charge in [0.1, 0.15) is 23.2 Å². The molecule has 0 aromatic heterocycles. The molecule has 1 amide bonds. The van der Waals surface area contributed by atoms with Gasteiger partial charge in [-0.1, -0.05) is 6.92 Å². The SMILES string of the molecule is CCC(C)Oc1cc(F)ccc1/C=C/C(=O)NCc1cc(F)c(C)c(F)c1. The lowest BCUT2D eigenvalue weighted by atomic mass is 10.1. The van der Waals surface area contributed by atoms with Crippen molar-refractivity contribution >= 4 is 12.0 Å². The molecule has 0 aliphatic carbocycles. The Labute approximate surface area is 156 Å². The van der Waals surface area contributed by atoms with E-state index in [9.17, 15) is 18.0 Å². The molecule has 144 valence electrons. The summed E-state index contributed by atoms with van der Waals surface area (Å²) < 4.78 is 46.2. The Morgan fingerprint density at radius 1 is 1.19 bits per heavy atom. The summed E-state index contributed by atoms with van der Waals surface area (Å²) in [5.74, 6) is -1.86. The van der Waals surface area contributed by atoms with E-state index < -0.39 is 23.4 Å². The first-order valence-electron chi connectivity index (χ1n) is 8.66. The lowest BCUT2D eigenvalue weighted by Crippen LogP contribution is -2.20. The van der Waals surface area contributed by atoms with Crippen molar-refractivity contribution < 1.29 is 22.7 Å². The number of carbonyl (C=O) groups excluding carboxylic acids is 1. The van der Waals surface area contributed by atoms with E-state index in [0.717, 1.165) is 6.42 Å². The first-order valence-corrected chi connectivity index (χ1v) is 8.66. The zero-order chi connectivity index (χ0) is 20.0. The summed E-state index contributed by atoms with van der Waals surface area (Å²) in [7, 11) is 0. The molecule has 3 nitrogen and oxygen atoms in total. The van der Waals surface area contributed by atoms with Gasteiger partial charge in [-0.3, -0.25) is 4.79 Å². The maximum absolute atomic E-state index is 13.5. The van der Waals surface area contributed by atoms with Crippen LogP contribution in [0.25, 0.3) is 6.08 Å². The highest BCUT2D eigenvalue weighted by molar-refractivity contribution is 5.92. The van der Waals surface area contributed by atoms with Crippen LogP contribution in [0.5, 0.6) is 5.75 Å². The predicted molar refractivity (Wildman–Crippen MR) is 98.8 cm³/mol. The van der Waals surface area contributed by atoms with Crippen molar-refractivity contribution in [1.82, 2.24) is 5.32 Å². The molecule has 27 heavy (non-hydrogen) atoms. The number of nitrogens with one attached hydrogen (secondary N) is 1. The van der Waals surface area contributed by atoms with Gasteiger partial charge in [0.05, 0.1) is 6.10 Å². The van der Waals surface area contributed by atoms with Crippen LogP contribution in [0.3, 0.4) is 0 Å². The van der Waals surface area contributed by atoms with Gasteiger partial charge in [0, 0.05) is 29.8 Å². The average molecular weight is 377 g/mol. The zero-order valence-electron chi connectivity index (χ0n) is 15.5. The number of rotatable bonds is 7. The van der Waals surface area contributed by atoms with E-state index in [1.807, 2.05) is 13.8 Å². The lowest BCUT2D eigenvalue weighted by molar-refractivity contribution is -0.116. The quantitative estimate of drug-likeness (QED) is 0.696. The third kappa shape index (κ3) is 5.88. The zero-order valence-corrected chi connectivity index (χ0v) is 15.5. The Morgan fingerprint density at radius 2 is 1.85 bits per heavy atom. The molecule has 2 rings (SSSR count). The molecule has 0 spiro atoms. The Balaban J connectivity index is 2.04. The van der Waals surface area contributed by atoms with E-state index in [0.29, 0.717) is 16.9 Å². The minimum absolute atomic E-state index is 0.0169. The highest BCUT2D eigenvalue weighted by Gasteiger charge is 2.09. The Bertz CT molecular complexity index is 826. The summed E-state index contributed by atoms with van der Waals surface area (Å²) in [6, 6.07) is 6.42. The molecule has 2 aromatic carbocycles. The molecule has 1 N–H and O–H groups in total. The van der Waals surface area contributed by atoms with Gasteiger partial charge in [-0.15, -0.1) is 0 Å². The molecule has 0 saturated carbocycles. The van der Waals surface area contributed by atoms with Crippen molar-refractivity contribution in [3.8, 4) is 5.75 Å². The number of hydrogen-bond acceptors (Lipinski definition) is 2. The molecule has 1 unspecified atom stereocenters. The monoisotopic (exact) mass is 377 g/mol. The maximum Gasteiger partial charge on any atom is 0.244 e. The smallest absolute Gasteiger partial charge is 0.244 e. The van der Waals surface area contributed by atoms with E-state index in [-0.39, 0.29) is 18.2 Å². The number of benzene rings is 2. The summed E-state index contributed by atoms with van der Waals surface area (Å²) in [6.45, 7) is 5.14. The van der Waals surface area contributed by atoms with E-state index in [1.54, 1.807) is 0 Å². The van der Waals surface area contributed by atoms with Crippen LogP contribution >= 0.6 is 0 Å². The first-order chi connectivity index (χ1) is 12.8. The average Bonchev–Trinajstić information content (AvgIpc) is 2.63. The Hall–Kier alpha value is -2.76. The van der Waals surface area contributed by atoms with Crippen molar-refractivity contribution in [2.24, 2.45) is 0 Å². The molecule has 6 heteroatoms. The molecular formula is C21H22F3NO2. The number of hydrogen-bond donors (Lipinski definition) is 1. The molecular weight excluding hydrogens is 355 g/mol. The summed E-state index contributed by atoms with van der Waals surface area (Å²) in [6.07, 6.45) is 3.42. The van der Waals surface area contributed by atoms with Gasteiger partial charge < -0.3 is 10.1 Å². The second kappa shape index (κ2) is 9.26. The van der Waals surface area contributed by atoms with Gasteiger partial charge in [-0.05, 0) is 56.2 Å². The number of halogens is 3. The van der Waals surface area contributed by atoms with Crippen LogP contribution in [0.4, 0.5) is 13.2 Å². The maximum atomic E-state index is 13.5. The van der Waals surface area contributed by atoms with Gasteiger partial charge in [0.2, 0.25) is 5.91 Å². The van der Waals surface area contributed by atoms with E-state index in [1.165, 1.54) is 49.4 Å². The summed E-state index contributed by atoms with van der Waals surface area (Å²) in [4.78, 5) is 12.0. The number of ether oxygens (including phenoxy) is 1. The molecule has 0 fully saturated rings. The van der Waals surface area contributed by atoms with Gasteiger partial charge in [0.25, 0.3) is 0 Å². The van der Waals surface area contributed by atoms with Crippen LogP contribution in [0.15, 0.2) is 36.4 Å². The van der Waals surface area contributed by atoms with Crippen molar-refractivity contribution in [3.63, 3.8) is 0 Å². The van der Waals surface area contributed by atoms with Crippen molar-refractivity contribution in [1.29, 1.82) is 0 Å². The predicted octanol–water partition coefficient (Wildman–Crippen LogP) is 4.92. The van der Waals surface area contributed by atoms with Crippen LogP contribution in [-0.2, 0) is 11.3 Å². The first kappa shape index (κ1) is 20.6. The minimum Gasteiger partial charge on any atom is -0.490 e. The topological polar surface area (TPSA) is 38.3 Å². The highest BCUT2D eigenvalue weighted by atomic mass is 19.1. The Kier molecular flexibility index (Phi) is 7.05. The van der Waals surface area contributed by atoms with E-state index in [4.69, 9.17) is 4.74 Å². The largest absolute Gasteiger partial charge is 0.490 e. The summed E-state index contributed by atoms with van der Waals surface area (Å²) in [5.41, 5.74) is 0.814. The fraction of sp³-hybridized carbons (Fsp3) is 0.286. The van der Waals surface area contributed by atoms with Crippen LogP contribution in [0.1, 0.15) is 37.0 Å². The van der Waals surface area contributed by atoms with Gasteiger partial charge >= 0.3 is 0 Å².